The summed E-state index contributed by atoms with van der Waals surface area (Å²) in [6.45, 7) is 7.67. The van der Waals surface area contributed by atoms with Gasteiger partial charge in [0, 0.05) is 0 Å². The molecule has 4 heteroatoms. The van der Waals surface area contributed by atoms with Gasteiger partial charge in [-0.1, -0.05) is 17.7 Å². The number of fused-ring (bicyclic) bond motifs is 2. The van der Waals surface area contributed by atoms with Crippen LogP contribution in [0.1, 0.15) is 22.3 Å². The van der Waals surface area contributed by atoms with E-state index >= 15 is 0 Å². The summed E-state index contributed by atoms with van der Waals surface area (Å²) in [7, 11) is -3.60. The second-order valence-corrected chi connectivity index (χ2v) is 7.54. The molecule has 1 N–H and O–H groups in total. The van der Waals surface area contributed by atoms with E-state index in [1.165, 1.54) is 0 Å². The average molecular weight is 288 g/mol. The molecule has 0 saturated carbocycles. The lowest BCUT2D eigenvalue weighted by Gasteiger charge is -2.28. The molecule has 2 aromatic rings. The van der Waals surface area contributed by atoms with Gasteiger partial charge in [0.25, 0.3) is 7.37 Å². The highest BCUT2D eigenvalue weighted by molar-refractivity contribution is 7.74. The topological polar surface area (TPSA) is 46.5 Å². The summed E-state index contributed by atoms with van der Waals surface area (Å²) < 4.78 is 18.9. The Morgan fingerprint density at radius 3 is 2.45 bits per heavy atom. The minimum Gasteiger partial charge on any atom is -0.455 e. The van der Waals surface area contributed by atoms with Crippen molar-refractivity contribution in [2.45, 2.75) is 27.7 Å². The Morgan fingerprint density at radius 2 is 1.75 bits per heavy atom. The maximum atomic E-state index is 13.0. The molecule has 0 amide bonds. The molecule has 1 atom stereocenters. The highest BCUT2D eigenvalue weighted by atomic mass is 31.2. The zero-order valence-electron chi connectivity index (χ0n) is 12.0. The summed E-state index contributed by atoms with van der Waals surface area (Å²) in [5.74, 6) is 1.03. The second kappa shape index (κ2) is 4.21. The molecule has 3 nitrogen and oxygen atoms in total. The Hall–Kier alpha value is -1.57. The van der Waals surface area contributed by atoms with Gasteiger partial charge in [0.1, 0.15) is 11.5 Å². The number of aryl methyl sites for hydroxylation is 3. The lowest BCUT2D eigenvalue weighted by atomic mass is 10.1. The van der Waals surface area contributed by atoms with E-state index in [0.29, 0.717) is 22.1 Å². The minimum absolute atomic E-state index is 0.399. The standard InChI is InChI=1S/C16H17O3P/c1-9-5-6-13-14(7-9)20(17,18)16-11(3)8-10(2)12(4)15(16)19-13/h5-8H,1-4H3,(H,17,18). The fraction of sp³-hybridized carbons (Fsp3) is 0.250. The molecule has 0 aromatic heterocycles. The van der Waals surface area contributed by atoms with Crippen molar-refractivity contribution in [1.82, 2.24) is 0 Å². The summed E-state index contributed by atoms with van der Waals surface area (Å²) in [5, 5.41) is 0.843. The van der Waals surface area contributed by atoms with Crippen LogP contribution in [0.3, 0.4) is 0 Å². The van der Waals surface area contributed by atoms with E-state index in [1.54, 1.807) is 12.1 Å². The first kappa shape index (κ1) is 13.4. The summed E-state index contributed by atoms with van der Waals surface area (Å²) in [6.07, 6.45) is 0. The molecule has 1 aliphatic heterocycles. The van der Waals surface area contributed by atoms with Crippen LogP contribution in [0.5, 0.6) is 11.5 Å². The zero-order chi connectivity index (χ0) is 14.7. The van der Waals surface area contributed by atoms with E-state index in [1.807, 2.05) is 39.8 Å². The molecule has 1 unspecified atom stereocenters. The van der Waals surface area contributed by atoms with Crippen molar-refractivity contribution in [1.29, 1.82) is 0 Å². The summed E-state index contributed by atoms with van der Waals surface area (Å²) >= 11 is 0. The Labute approximate surface area is 118 Å². The van der Waals surface area contributed by atoms with Crippen molar-refractivity contribution < 1.29 is 14.2 Å². The molecular formula is C16H17O3P. The predicted molar refractivity (Wildman–Crippen MR) is 81.0 cm³/mol. The lowest BCUT2D eigenvalue weighted by Crippen LogP contribution is -2.27. The highest BCUT2D eigenvalue weighted by Gasteiger charge is 2.38. The van der Waals surface area contributed by atoms with Crippen molar-refractivity contribution in [3.8, 4) is 11.5 Å². The second-order valence-electron chi connectivity index (χ2n) is 5.46. The Balaban J connectivity index is 2.39. The van der Waals surface area contributed by atoms with Gasteiger partial charge in [-0.15, -0.1) is 0 Å². The van der Waals surface area contributed by atoms with E-state index < -0.39 is 7.37 Å². The summed E-state index contributed by atoms with van der Waals surface area (Å²) in [5.41, 5.74) is 3.75. The Morgan fingerprint density at radius 1 is 1.05 bits per heavy atom. The predicted octanol–water partition coefficient (Wildman–Crippen LogP) is 3.25. The zero-order valence-corrected chi connectivity index (χ0v) is 12.9. The number of benzene rings is 2. The molecule has 0 fully saturated rings. The molecule has 0 spiro atoms. The van der Waals surface area contributed by atoms with Gasteiger partial charge in [-0.05, 0) is 56.5 Å². The van der Waals surface area contributed by atoms with E-state index in [2.05, 4.69) is 0 Å². The molecule has 1 aliphatic rings. The first-order valence-electron chi connectivity index (χ1n) is 6.55. The molecule has 2 aromatic carbocycles. The van der Waals surface area contributed by atoms with Crippen LogP contribution in [0.15, 0.2) is 24.3 Å². The van der Waals surface area contributed by atoms with Crippen LogP contribution in [0.4, 0.5) is 0 Å². The quantitative estimate of drug-likeness (QED) is 0.757. The third-order valence-corrected chi connectivity index (χ3v) is 6.07. The number of hydrogen-bond acceptors (Lipinski definition) is 2. The van der Waals surface area contributed by atoms with Crippen LogP contribution in [-0.2, 0) is 4.57 Å². The summed E-state index contributed by atoms with van der Waals surface area (Å²) in [6, 6.07) is 7.35. The fourth-order valence-electron chi connectivity index (χ4n) is 2.72. The van der Waals surface area contributed by atoms with Gasteiger partial charge in [0.2, 0.25) is 0 Å². The van der Waals surface area contributed by atoms with E-state index in [4.69, 9.17) is 4.74 Å². The maximum Gasteiger partial charge on any atom is 0.266 e. The van der Waals surface area contributed by atoms with Crippen molar-refractivity contribution in [3.63, 3.8) is 0 Å². The molecular weight excluding hydrogens is 271 g/mol. The lowest BCUT2D eigenvalue weighted by molar-refractivity contribution is 0.462. The molecule has 0 aliphatic carbocycles. The van der Waals surface area contributed by atoms with E-state index in [-0.39, 0.29) is 0 Å². The van der Waals surface area contributed by atoms with Crippen LogP contribution in [0, 0.1) is 27.7 Å². The number of rotatable bonds is 0. The van der Waals surface area contributed by atoms with Gasteiger partial charge in [0.15, 0.2) is 0 Å². The van der Waals surface area contributed by atoms with E-state index in [9.17, 15) is 9.46 Å². The van der Waals surface area contributed by atoms with Crippen molar-refractivity contribution in [2.75, 3.05) is 0 Å². The molecule has 20 heavy (non-hydrogen) atoms. The van der Waals surface area contributed by atoms with Crippen molar-refractivity contribution in [3.05, 3.63) is 46.5 Å². The third kappa shape index (κ3) is 1.74. The Bertz CT molecular complexity index is 778. The van der Waals surface area contributed by atoms with Gasteiger partial charge >= 0.3 is 0 Å². The highest BCUT2D eigenvalue weighted by Crippen LogP contribution is 2.51. The smallest absolute Gasteiger partial charge is 0.266 e. The molecule has 0 saturated heterocycles. The van der Waals surface area contributed by atoms with Gasteiger partial charge in [0.05, 0.1) is 10.6 Å². The molecule has 0 radical (unpaired) electrons. The Kier molecular flexibility index (Phi) is 2.82. The minimum atomic E-state index is -3.60. The van der Waals surface area contributed by atoms with Gasteiger partial charge in [-0.2, -0.15) is 0 Å². The first-order chi connectivity index (χ1) is 9.32. The fourth-order valence-corrected chi connectivity index (χ4v) is 4.79. The van der Waals surface area contributed by atoms with Crippen molar-refractivity contribution >= 4 is 18.0 Å². The third-order valence-electron chi connectivity index (χ3n) is 3.91. The molecule has 3 rings (SSSR count). The molecule has 1 heterocycles. The normalized spacial score (nSPS) is 20.1. The molecule has 0 bridgehead atoms. The largest absolute Gasteiger partial charge is 0.455 e. The SMILES string of the molecule is Cc1ccc2c(c1)P(=O)(O)c1c(C)cc(C)c(C)c1O2. The maximum absolute atomic E-state index is 13.0. The van der Waals surface area contributed by atoms with E-state index in [0.717, 1.165) is 22.3 Å². The van der Waals surface area contributed by atoms with Gasteiger partial charge in [-0.25, -0.2) is 0 Å². The van der Waals surface area contributed by atoms with Gasteiger partial charge < -0.3 is 9.63 Å². The average Bonchev–Trinajstić information content (AvgIpc) is 2.36. The van der Waals surface area contributed by atoms with Gasteiger partial charge in [-0.3, -0.25) is 4.57 Å². The van der Waals surface area contributed by atoms with Crippen LogP contribution in [0.25, 0.3) is 0 Å². The van der Waals surface area contributed by atoms with Crippen LogP contribution in [-0.4, -0.2) is 4.89 Å². The molecule has 104 valence electrons. The number of hydrogen-bond donors (Lipinski definition) is 1. The van der Waals surface area contributed by atoms with Crippen LogP contribution in [0.2, 0.25) is 0 Å². The number of ether oxygens (including phenoxy) is 1. The summed E-state index contributed by atoms with van der Waals surface area (Å²) in [4.78, 5) is 10.7. The van der Waals surface area contributed by atoms with Crippen molar-refractivity contribution in [2.24, 2.45) is 0 Å². The first-order valence-corrected chi connectivity index (χ1v) is 8.21. The van der Waals surface area contributed by atoms with Crippen LogP contribution >= 0.6 is 7.37 Å². The monoisotopic (exact) mass is 288 g/mol. The van der Waals surface area contributed by atoms with Crippen LogP contribution < -0.4 is 15.3 Å².